The molecule has 1 saturated heterocycles. The summed E-state index contributed by atoms with van der Waals surface area (Å²) in [4.78, 5) is 15.4. The van der Waals surface area contributed by atoms with E-state index in [-0.39, 0.29) is 0 Å². The molecule has 2 aliphatic rings. The van der Waals surface area contributed by atoms with E-state index in [1.54, 1.807) is 11.3 Å². The van der Waals surface area contributed by atoms with E-state index in [1.165, 1.54) is 31.2 Å². The fourth-order valence-electron chi connectivity index (χ4n) is 5.18. The van der Waals surface area contributed by atoms with E-state index < -0.39 is 16.9 Å². The van der Waals surface area contributed by atoms with Crippen molar-refractivity contribution >= 4 is 39.1 Å². The van der Waals surface area contributed by atoms with Crippen molar-refractivity contribution in [2.24, 2.45) is 11.7 Å². The Morgan fingerprint density at radius 1 is 1.18 bits per heavy atom. The third-order valence-electron chi connectivity index (χ3n) is 7.15. The molecule has 1 amide bonds. The van der Waals surface area contributed by atoms with Gasteiger partial charge in [0.1, 0.15) is 0 Å². The lowest BCUT2D eigenvalue weighted by atomic mass is 9.88. The number of hydrogen-bond acceptors (Lipinski definition) is 3. The highest BCUT2D eigenvalue weighted by molar-refractivity contribution is 7.82. The normalized spacial score (nSPS) is 18.6. The number of hydrogen-bond donors (Lipinski definition) is 2. The number of nitrogens with two attached hydrogens (primary N) is 1. The van der Waals surface area contributed by atoms with Gasteiger partial charge in [-0.15, -0.1) is 0 Å². The van der Waals surface area contributed by atoms with Crippen molar-refractivity contribution in [2.75, 3.05) is 18.8 Å². The predicted octanol–water partition coefficient (Wildman–Crippen LogP) is 6.44. The number of nitrogens with one attached hydrogen (secondary N) is 1. The number of amides is 1. The quantitative estimate of drug-likeness (QED) is 0.409. The highest BCUT2D eigenvalue weighted by Gasteiger charge is 2.26. The molecule has 1 unspecified atom stereocenters. The summed E-state index contributed by atoms with van der Waals surface area (Å²) < 4.78 is 14.4. The third kappa shape index (κ3) is 5.81. The van der Waals surface area contributed by atoms with Crippen LogP contribution in [-0.4, -0.2) is 38.2 Å². The minimum atomic E-state index is -0.864. The first-order valence-corrected chi connectivity index (χ1v) is 14.8. The van der Waals surface area contributed by atoms with Gasteiger partial charge in [0, 0.05) is 30.4 Å². The van der Waals surface area contributed by atoms with Crippen LogP contribution >= 0.6 is 11.3 Å². The Labute approximate surface area is 209 Å². The molecule has 2 aromatic heterocycles. The Kier molecular flexibility index (Phi) is 8.61. The number of nitrogens with zero attached hydrogens (tertiary/aromatic N) is 1. The van der Waals surface area contributed by atoms with E-state index in [0.29, 0.717) is 11.5 Å². The van der Waals surface area contributed by atoms with Gasteiger partial charge >= 0.3 is 0 Å². The maximum atomic E-state index is 12.3. The standard InChI is InChI=1S/C21H25N3O2S2.C6H12/c1-2-9-28(26)24-6-3-14(4-7-24)19-12-23-20-17(19)10-16(11-18(20)21(22)25)15-5-8-27-13-15;1-6-4-2-3-5-6/h5,8,10-14,23H,2-4,6-7,9H2,1H3,(H2,22,25);6H,2-5H2,1H3. The number of H-pyrrole nitrogens is 1. The Morgan fingerprint density at radius 2 is 1.91 bits per heavy atom. The fraction of sp³-hybridized carbons (Fsp3) is 0.519. The van der Waals surface area contributed by atoms with Crippen LogP contribution in [0, 0.1) is 5.92 Å². The number of carbonyl (C=O) groups excluding carboxylic acids is 1. The smallest absolute Gasteiger partial charge is 0.250 e. The molecule has 1 aliphatic heterocycles. The molecule has 1 aliphatic carbocycles. The molecule has 2 fully saturated rings. The van der Waals surface area contributed by atoms with Crippen LogP contribution in [0.1, 0.15) is 80.6 Å². The maximum absolute atomic E-state index is 12.3. The van der Waals surface area contributed by atoms with Crippen molar-refractivity contribution < 1.29 is 9.00 Å². The number of aromatic nitrogens is 1. The molecule has 34 heavy (non-hydrogen) atoms. The summed E-state index contributed by atoms with van der Waals surface area (Å²) in [6.07, 6.45) is 10.9. The zero-order chi connectivity index (χ0) is 24.1. The Morgan fingerprint density at radius 3 is 2.47 bits per heavy atom. The van der Waals surface area contributed by atoms with Gasteiger partial charge in [0.25, 0.3) is 5.91 Å². The topological polar surface area (TPSA) is 79.2 Å². The van der Waals surface area contributed by atoms with E-state index in [4.69, 9.17) is 5.73 Å². The van der Waals surface area contributed by atoms with Gasteiger partial charge in [0.15, 0.2) is 0 Å². The second-order valence-electron chi connectivity index (χ2n) is 9.69. The fourth-order valence-corrected chi connectivity index (χ4v) is 7.08. The molecule has 0 spiro atoms. The molecular formula is C27H37N3O2S2. The molecule has 5 rings (SSSR count). The van der Waals surface area contributed by atoms with Gasteiger partial charge in [-0.2, -0.15) is 11.3 Å². The highest BCUT2D eigenvalue weighted by Crippen LogP contribution is 2.37. The van der Waals surface area contributed by atoms with E-state index >= 15 is 0 Å². The van der Waals surface area contributed by atoms with Crippen LogP contribution in [0.5, 0.6) is 0 Å². The lowest BCUT2D eigenvalue weighted by Gasteiger charge is -2.30. The van der Waals surface area contributed by atoms with Gasteiger partial charge in [-0.05, 0) is 76.7 Å². The zero-order valence-electron chi connectivity index (χ0n) is 20.3. The summed E-state index contributed by atoms with van der Waals surface area (Å²) in [5.74, 6) is 1.76. The molecule has 5 nitrogen and oxygen atoms in total. The number of thiophene rings is 1. The maximum Gasteiger partial charge on any atom is 0.250 e. The summed E-state index contributed by atoms with van der Waals surface area (Å²) in [5.41, 5.74) is 10.4. The third-order valence-corrected chi connectivity index (χ3v) is 9.53. The largest absolute Gasteiger partial charge is 0.366 e. The van der Waals surface area contributed by atoms with Crippen molar-refractivity contribution in [3.8, 4) is 11.1 Å². The number of carbonyl (C=O) groups is 1. The van der Waals surface area contributed by atoms with Crippen molar-refractivity contribution in [2.45, 2.75) is 64.7 Å². The molecule has 3 aromatic rings. The molecule has 1 saturated carbocycles. The van der Waals surface area contributed by atoms with Crippen LogP contribution in [0.15, 0.2) is 35.2 Å². The Hall–Kier alpha value is -1.96. The second-order valence-corrected chi connectivity index (χ2v) is 12.0. The number of fused-ring (bicyclic) bond motifs is 1. The van der Waals surface area contributed by atoms with E-state index in [1.807, 2.05) is 17.6 Å². The van der Waals surface area contributed by atoms with Crippen molar-refractivity contribution in [3.63, 3.8) is 0 Å². The van der Waals surface area contributed by atoms with Crippen LogP contribution in [0.4, 0.5) is 0 Å². The molecule has 3 heterocycles. The molecular weight excluding hydrogens is 462 g/mol. The summed E-state index contributed by atoms with van der Waals surface area (Å²) in [6.45, 7) is 6.10. The number of primary amides is 1. The monoisotopic (exact) mass is 499 g/mol. The van der Waals surface area contributed by atoms with Crippen LogP contribution < -0.4 is 5.73 Å². The lowest BCUT2D eigenvalue weighted by molar-refractivity contribution is 0.100. The van der Waals surface area contributed by atoms with Crippen LogP contribution in [0.3, 0.4) is 0 Å². The Bertz CT molecular complexity index is 1110. The van der Waals surface area contributed by atoms with Gasteiger partial charge in [-0.1, -0.05) is 39.5 Å². The first-order valence-electron chi connectivity index (χ1n) is 12.6. The first kappa shape index (κ1) is 25.1. The predicted molar refractivity (Wildman–Crippen MR) is 145 cm³/mol. The summed E-state index contributed by atoms with van der Waals surface area (Å²) >= 11 is 1.64. The molecule has 0 bridgehead atoms. The van der Waals surface area contributed by atoms with Crippen LogP contribution in [0.25, 0.3) is 22.0 Å². The second kappa shape index (κ2) is 11.6. The summed E-state index contributed by atoms with van der Waals surface area (Å²) in [6, 6.07) is 6.10. The molecule has 0 radical (unpaired) electrons. The number of piperidine rings is 1. The van der Waals surface area contributed by atoms with Gasteiger partial charge < -0.3 is 10.7 Å². The van der Waals surface area contributed by atoms with Gasteiger partial charge in [0.05, 0.1) is 22.1 Å². The summed E-state index contributed by atoms with van der Waals surface area (Å²) in [5, 5.41) is 5.19. The van der Waals surface area contributed by atoms with E-state index in [9.17, 15) is 9.00 Å². The minimum Gasteiger partial charge on any atom is -0.366 e. The number of benzene rings is 1. The van der Waals surface area contributed by atoms with Crippen molar-refractivity contribution in [1.82, 2.24) is 9.29 Å². The van der Waals surface area contributed by atoms with Gasteiger partial charge in [-0.25, -0.2) is 8.51 Å². The molecule has 3 N–H and O–H groups in total. The van der Waals surface area contributed by atoms with Crippen LogP contribution in [-0.2, 0) is 11.0 Å². The minimum absolute atomic E-state index is 0.391. The van der Waals surface area contributed by atoms with Gasteiger partial charge in [-0.3, -0.25) is 4.79 Å². The highest BCUT2D eigenvalue weighted by atomic mass is 32.2. The zero-order valence-corrected chi connectivity index (χ0v) is 22.0. The summed E-state index contributed by atoms with van der Waals surface area (Å²) in [7, 11) is -0.864. The SMILES string of the molecule is CC1CCCC1.CCCS(=O)N1CCC(c2c[nH]c3c(C(N)=O)cc(-c4ccsc4)cc23)CC1. The average molecular weight is 500 g/mol. The van der Waals surface area contributed by atoms with E-state index in [2.05, 4.69) is 40.6 Å². The van der Waals surface area contributed by atoms with Crippen molar-refractivity contribution in [1.29, 1.82) is 0 Å². The lowest BCUT2D eigenvalue weighted by Crippen LogP contribution is -2.35. The average Bonchev–Trinajstić information content (AvgIpc) is 3.61. The Balaban J connectivity index is 0.000000398. The molecule has 7 heteroatoms. The first-order chi connectivity index (χ1) is 16.5. The van der Waals surface area contributed by atoms with E-state index in [0.717, 1.165) is 66.1 Å². The van der Waals surface area contributed by atoms with Crippen LogP contribution in [0.2, 0.25) is 0 Å². The number of aromatic amines is 1. The number of rotatable bonds is 6. The van der Waals surface area contributed by atoms with Gasteiger partial charge in [0.2, 0.25) is 0 Å². The molecule has 1 atom stereocenters. The van der Waals surface area contributed by atoms with Crippen molar-refractivity contribution in [3.05, 3.63) is 46.3 Å². The molecule has 1 aromatic carbocycles. The molecule has 184 valence electrons.